The molecule has 2 aromatic heterocycles. The van der Waals surface area contributed by atoms with E-state index in [0.717, 1.165) is 67.1 Å². The molecule has 0 amide bonds. The first kappa shape index (κ1) is 23.8. The molecule has 3 aromatic rings. The Bertz CT molecular complexity index is 1290. The Balaban J connectivity index is 1.57. The van der Waals surface area contributed by atoms with Gasteiger partial charge in [0.05, 0.1) is 34.3 Å². The summed E-state index contributed by atoms with van der Waals surface area (Å²) in [5.74, 6) is 1.30. The van der Waals surface area contributed by atoms with Crippen molar-refractivity contribution in [3.05, 3.63) is 39.8 Å². The van der Waals surface area contributed by atoms with E-state index in [1.807, 2.05) is 31.5 Å². The molecule has 35 heavy (non-hydrogen) atoms. The van der Waals surface area contributed by atoms with Crippen molar-refractivity contribution in [2.45, 2.75) is 51.6 Å². The number of nitrogens with zero attached hydrogens (tertiary/aromatic N) is 6. The molecule has 2 aliphatic heterocycles. The quantitative estimate of drug-likeness (QED) is 0.548. The zero-order valence-corrected chi connectivity index (χ0v) is 21.0. The molecule has 10 heteroatoms. The first-order valence-corrected chi connectivity index (χ1v) is 12.5. The maximum atomic E-state index is 10.0. The van der Waals surface area contributed by atoms with Crippen LogP contribution in [0.3, 0.4) is 0 Å². The first-order chi connectivity index (χ1) is 16.9. The molecule has 0 bridgehead atoms. The molecule has 0 radical (unpaired) electrons. The lowest BCUT2D eigenvalue weighted by atomic mass is 9.83. The van der Waals surface area contributed by atoms with Gasteiger partial charge in [0, 0.05) is 49.4 Å². The van der Waals surface area contributed by atoms with Crippen LogP contribution in [0.5, 0.6) is 5.75 Å². The van der Waals surface area contributed by atoms with Gasteiger partial charge in [0.1, 0.15) is 24.0 Å². The number of ether oxygens (including phenoxy) is 2. The molecule has 1 atom stereocenters. The van der Waals surface area contributed by atoms with Crippen LogP contribution in [0.1, 0.15) is 61.0 Å². The first-order valence-electron chi connectivity index (χ1n) is 12.1. The number of hydrogen-bond acceptors (Lipinski definition) is 8. The monoisotopic (exact) mass is 495 g/mol. The molecule has 5 rings (SSSR count). The molecule has 2 aliphatic rings. The largest absolute Gasteiger partial charge is 0.493 e. The van der Waals surface area contributed by atoms with Gasteiger partial charge < -0.3 is 15.2 Å². The van der Waals surface area contributed by atoms with E-state index < -0.39 is 0 Å². The summed E-state index contributed by atoms with van der Waals surface area (Å²) in [6.45, 7) is 9.73. The SMILES string of the molecule is CCOc1c([C@@H](C)n2nc(C)c3c(N)ncnc32)cc(Cl)c(C#N)c1C1CN(C2CCOCC2)C1. The number of likely N-dealkylation sites (tertiary alicyclic amines) is 1. The summed E-state index contributed by atoms with van der Waals surface area (Å²) in [5.41, 5.74) is 9.79. The molecule has 0 unspecified atom stereocenters. The van der Waals surface area contributed by atoms with Gasteiger partial charge in [-0.05, 0) is 39.7 Å². The molecule has 2 N–H and O–H groups in total. The van der Waals surface area contributed by atoms with Gasteiger partial charge in [-0.25, -0.2) is 14.6 Å². The average molecular weight is 496 g/mol. The van der Waals surface area contributed by atoms with Gasteiger partial charge in [0.25, 0.3) is 0 Å². The van der Waals surface area contributed by atoms with Crippen molar-refractivity contribution in [1.82, 2.24) is 24.6 Å². The van der Waals surface area contributed by atoms with Crippen LogP contribution in [-0.4, -0.2) is 63.6 Å². The number of nitrogens with two attached hydrogens (primary N) is 1. The van der Waals surface area contributed by atoms with Crippen LogP contribution in [-0.2, 0) is 4.74 Å². The summed E-state index contributed by atoms with van der Waals surface area (Å²) >= 11 is 6.71. The molecule has 0 saturated carbocycles. The maximum Gasteiger partial charge on any atom is 0.164 e. The summed E-state index contributed by atoms with van der Waals surface area (Å²) in [7, 11) is 0. The highest BCUT2D eigenvalue weighted by atomic mass is 35.5. The third-order valence-corrected chi connectivity index (χ3v) is 7.53. The third-order valence-electron chi connectivity index (χ3n) is 7.23. The normalized spacial score (nSPS) is 18.4. The lowest BCUT2D eigenvalue weighted by molar-refractivity contribution is 0.00118. The van der Waals surface area contributed by atoms with Gasteiger partial charge in [0.2, 0.25) is 0 Å². The van der Waals surface area contributed by atoms with Gasteiger partial charge in [-0.15, -0.1) is 0 Å². The van der Waals surface area contributed by atoms with Crippen molar-refractivity contribution < 1.29 is 9.47 Å². The highest BCUT2D eigenvalue weighted by molar-refractivity contribution is 6.32. The van der Waals surface area contributed by atoms with Crippen molar-refractivity contribution in [3.63, 3.8) is 0 Å². The van der Waals surface area contributed by atoms with E-state index in [4.69, 9.17) is 31.9 Å². The van der Waals surface area contributed by atoms with Crippen LogP contribution in [0.25, 0.3) is 11.0 Å². The average Bonchev–Trinajstić information content (AvgIpc) is 3.17. The van der Waals surface area contributed by atoms with Crippen LogP contribution < -0.4 is 10.5 Å². The van der Waals surface area contributed by atoms with Crippen LogP contribution in [0.2, 0.25) is 5.02 Å². The number of aryl methyl sites for hydroxylation is 1. The summed E-state index contributed by atoms with van der Waals surface area (Å²) in [4.78, 5) is 11.1. The number of anilines is 1. The Morgan fingerprint density at radius 3 is 2.74 bits per heavy atom. The molecule has 184 valence electrons. The zero-order valence-electron chi connectivity index (χ0n) is 20.3. The Kier molecular flexibility index (Phi) is 6.53. The second-order valence-electron chi connectivity index (χ2n) is 9.27. The van der Waals surface area contributed by atoms with Gasteiger partial charge in [-0.3, -0.25) is 4.90 Å². The van der Waals surface area contributed by atoms with Crippen molar-refractivity contribution >= 4 is 28.5 Å². The fourth-order valence-electron chi connectivity index (χ4n) is 5.41. The van der Waals surface area contributed by atoms with Gasteiger partial charge in [-0.2, -0.15) is 10.4 Å². The van der Waals surface area contributed by atoms with Gasteiger partial charge in [-0.1, -0.05) is 11.6 Å². The summed E-state index contributed by atoms with van der Waals surface area (Å²) in [6.07, 6.45) is 3.54. The molecule has 0 spiro atoms. The van der Waals surface area contributed by atoms with Crippen LogP contribution >= 0.6 is 11.6 Å². The Hall–Kier alpha value is -2.93. The van der Waals surface area contributed by atoms with Gasteiger partial charge in [0.15, 0.2) is 5.65 Å². The topological polar surface area (TPSA) is 115 Å². The Labute approximate surface area is 209 Å². The predicted molar refractivity (Wildman–Crippen MR) is 134 cm³/mol. The van der Waals surface area contributed by atoms with E-state index in [1.54, 1.807) is 0 Å². The summed E-state index contributed by atoms with van der Waals surface area (Å²) < 4.78 is 13.6. The van der Waals surface area contributed by atoms with Crippen molar-refractivity contribution in [1.29, 1.82) is 5.26 Å². The number of aromatic nitrogens is 4. The highest BCUT2D eigenvalue weighted by Crippen LogP contribution is 2.45. The van der Waals surface area contributed by atoms with Crippen molar-refractivity contribution in [2.75, 3.05) is 38.6 Å². The summed E-state index contributed by atoms with van der Waals surface area (Å²) in [6, 6.07) is 4.46. The third kappa shape index (κ3) is 4.10. The summed E-state index contributed by atoms with van der Waals surface area (Å²) in [5, 5.41) is 15.9. The highest BCUT2D eigenvalue weighted by Gasteiger charge is 2.38. The molecule has 1 aromatic carbocycles. The number of rotatable bonds is 6. The lowest BCUT2D eigenvalue weighted by Gasteiger charge is -2.46. The predicted octanol–water partition coefficient (Wildman–Crippen LogP) is 3.83. The molecular formula is C25H30ClN7O2. The fourth-order valence-corrected chi connectivity index (χ4v) is 5.67. The van der Waals surface area contributed by atoms with E-state index >= 15 is 0 Å². The molecular weight excluding hydrogens is 466 g/mol. The second-order valence-corrected chi connectivity index (χ2v) is 9.68. The van der Waals surface area contributed by atoms with Crippen LogP contribution in [0.15, 0.2) is 12.4 Å². The van der Waals surface area contributed by atoms with E-state index in [2.05, 4.69) is 20.9 Å². The standard InChI is InChI=1S/C25H30ClN7O2/c1-4-35-23-18(15(3)33-25-21(14(2)31-33)24(28)29-13-30-25)9-20(26)19(10-27)22(23)16-11-32(12-16)17-5-7-34-8-6-17/h9,13,15-17H,4-8,11-12H2,1-3H3,(H2,28,29,30)/t15-/m1/s1. The second kappa shape index (κ2) is 9.61. The molecule has 9 nitrogen and oxygen atoms in total. The number of nitriles is 1. The number of fused-ring (bicyclic) bond motifs is 1. The minimum Gasteiger partial charge on any atom is -0.493 e. The van der Waals surface area contributed by atoms with Crippen LogP contribution in [0.4, 0.5) is 5.82 Å². The minimum absolute atomic E-state index is 0.174. The zero-order chi connectivity index (χ0) is 24.7. The smallest absolute Gasteiger partial charge is 0.164 e. The van der Waals surface area contributed by atoms with E-state index in [0.29, 0.717) is 34.7 Å². The maximum absolute atomic E-state index is 10.0. The van der Waals surface area contributed by atoms with E-state index in [9.17, 15) is 5.26 Å². The molecule has 4 heterocycles. The number of nitrogen functional groups attached to an aromatic ring is 1. The number of halogens is 1. The van der Waals surface area contributed by atoms with E-state index in [-0.39, 0.29) is 12.0 Å². The lowest BCUT2D eigenvalue weighted by Crippen LogP contribution is -2.52. The van der Waals surface area contributed by atoms with Crippen molar-refractivity contribution in [3.8, 4) is 11.8 Å². The molecule has 0 aliphatic carbocycles. The Morgan fingerprint density at radius 1 is 1.31 bits per heavy atom. The minimum atomic E-state index is -0.252. The van der Waals surface area contributed by atoms with Crippen LogP contribution in [0, 0.1) is 18.3 Å². The fraction of sp³-hybridized carbons (Fsp3) is 0.520. The Morgan fingerprint density at radius 2 is 2.06 bits per heavy atom. The van der Waals surface area contributed by atoms with E-state index in [1.165, 1.54) is 6.33 Å². The number of hydrogen-bond donors (Lipinski definition) is 1. The molecule has 2 saturated heterocycles. The number of benzene rings is 1. The van der Waals surface area contributed by atoms with Crippen molar-refractivity contribution in [2.24, 2.45) is 0 Å². The molecule has 2 fully saturated rings. The van der Waals surface area contributed by atoms with Gasteiger partial charge >= 0.3 is 0 Å².